The summed E-state index contributed by atoms with van der Waals surface area (Å²) in [7, 11) is 1.63. The Labute approximate surface area is 274 Å². The summed E-state index contributed by atoms with van der Waals surface area (Å²) >= 11 is 0. The van der Waals surface area contributed by atoms with Gasteiger partial charge in [-0.3, -0.25) is 0 Å². The highest BCUT2D eigenvalue weighted by Crippen LogP contribution is 2.39. The van der Waals surface area contributed by atoms with E-state index in [0.29, 0.717) is 17.6 Å². The maximum Gasteiger partial charge on any atom is 0.345 e. The van der Waals surface area contributed by atoms with E-state index in [0.717, 1.165) is 30.6 Å². The third-order valence-electron chi connectivity index (χ3n) is 8.69. The molecule has 6 heteroatoms. The monoisotopic (exact) mass is 624 g/mol. The number of hydrogen-bond donors (Lipinski definition) is 1. The lowest BCUT2D eigenvalue weighted by molar-refractivity contribution is -0.159. The topological polar surface area (TPSA) is 74.2 Å². The van der Waals surface area contributed by atoms with E-state index >= 15 is 0 Å². The lowest BCUT2D eigenvalue weighted by atomic mass is 9.78. The van der Waals surface area contributed by atoms with Crippen LogP contribution in [0.15, 0.2) is 103 Å². The van der Waals surface area contributed by atoms with Crippen molar-refractivity contribution in [2.75, 3.05) is 13.7 Å². The Hall–Kier alpha value is -4.29. The number of hydrogen-bond acceptors (Lipinski definition) is 6. The van der Waals surface area contributed by atoms with E-state index in [4.69, 9.17) is 18.9 Å². The van der Waals surface area contributed by atoms with Gasteiger partial charge in [-0.15, -0.1) is 0 Å². The minimum atomic E-state index is -0.752. The molecule has 4 aromatic rings. The molecule has 4 aromatic carbocycles. The number of carbonyl (C=O) groups excluding carboxylic acids is 1. The molecule has 0 spiro atoms. The van der Waals surface area contributed by atoms with Gasteiger partial charge in [-0.1, -0.05) is 80.6 Å². The molecule has 4 rings (SSSR count). The summed E-state index contributed by atoms with van der Waals surface area (Å²) < 4.78 is 22.6. The van der Waals surface area contributed by atoms with Gasteiger partial charge in [0.2, 0.25) is 0 Å². The normalized spacial score (nSPS) is 14.1. The van der Waals surface area contributed by atoms with Crippen molar-refractivity contribution in [2.24, 2.45) is 0 Å². The van der Waals surface area contributed by atoms with Crippen molar-refractivity contribution in [3.05, 3.63) is 125 Å². The summed E-state index contributed by atoms with van der Waals surface area (Å²) in [5, 5.41) is 9.85. The summed E-state index contributed by atoms with van der Waals surface area (Å²) in [4.78, 5) is 12.7. The molecule has 0 saturated heterocycles. The fourth-order valence-corrected chi connectivity index (χ4v) is 5.87. The summed E-state index contributed by atoms with van der Waals surface area (Å²) in [5.74, 6) is 2.16. The molecule has 0 saturated carbocycles. The average molecular weight is 625 g/mol. The van der Waals surface area contributed by atoms with Crippen LogP contribution in [-0.4, -0.2) is 31.1 Å². The van der Waals surface area contributed by atoms with Crippen molar-refractivity contribution in [1.29, 1.82) is 0 Å². The predicted octanol–water partition coefficient (Wildman–Crippen LogP) is 9.48. The molecule has 0 aliphatic heterocycles. The molecule has 244 valence electrons. The molecule has 4 atom stereocenters. The number of phenolic OH excluding ortho intramolecular Hbond substituents is 1. The predicted molar refractivity (Wildman–Crippen MR) is 183 cm³/mol. The molecular weight excluding hydrogens is 576 g/mol. The molecule has 0 aliphatic rings. The second-order valence-corrected chi connectivity index (χ2v) is 12.5. The molecule has 0 aromatic heterocycles. The van der Waals surface area contributed by atoms with Crippen molar-refractivity contribution >= 4 is 5.97 Å². The molecule has 0 heterocycles. The van der Waals surface area contributed by atoms with Crippen LogP contribution in [0.4, 0.5) is 0 Å². The maximum atomic E-state index is 12.7. The summed E-state index contributed by atoms with van der Waals surface area (Å²) in [5.41, 5.74) is 3.87. The van der Waals surface area contributed by atoms with Gasteiger partial charge in [0.05, 0.1) is 0 Å². The van der Waals surface area contributed by atoms with Crippen LogP contribution >= 0.6 is 0 Å². The second kappa shape index (κ2) is 16.3. The number of rotatable bonds is 16. The SMILES string of the molecule is CCC(CC(CC(C)c1ccc(OC(C)OC)cc1)c1ccc(OCC(=O)OC(C)(C)c2ccccc2)cc1)c1ccc(O)cc1. The lowest BCUT2D eigenvalue weighted by Crippen LogP contribution is -2.28. The standard InChI is InChI=1S/C40H48O6/c1-7-30(32-13-19-36(41)20-14-32)26-34(25-28(2)31-15-23-38(24-16-31)45-29(3)43-6)33-17-21-37(22-18-33)44-27-39(42)46-40(4,5)35-11-9-8-10-12-35/h8-24,28-30,34,41H,7,25-27H2,1-6H3. The van der Waals surface area contributed by atoms with Crippen LogP contribution in [0.25, 0.3) is 0 Å². The Morgan fingerprint density at radius 2 is 1.30 bits per heavy atom. The highest BCUT2D eigenvalue weighted by molar-refractivity contribution is 5.71. The minimum absolute atomic E-state index is 0.169. The lowest BCUT2D eigenvalue weighted by Gasteiger charge is -2.27. The minimum Gasteiger partial charge on any atom is -0.508 e. The van der Waals surface area contributed by atoms with Crippen molar-refractivity contribution in [1.82, 2.24) is 0 Å². The van der Waals surface area contributed by atoms with Gasteiger partial charge in [-0.2, -0.15) is 0 Å². The van der Waals surface area contributed by atoms with Gasteiger partial charge in [-0.05, 0) is 116 Å². The first-order chi connectivity index (χ1) is 22.1. The van der Waals surface area contributed by atoms with Gasteiger partial charge >= 0.3 is 5.97 Å². The van der Waals surface area contributed by atoms with Crippen molar-refractivity contribution in [2.45, 2.75) is 83.5 Å². The Balaban J connectivity index is 1.46. The zero-order valence-corrected chi connectivity index (χ0v) is 27.9. The third kappa shape index (κ3) is 9.85. The zero-order chi connectivity index (χ0) is 33.1. The highest BCUT2D eigenvalue weighted by atomic mass is 16.7. The van der Waals surface area contributed by atoms with Crippen molar-refractivity contribution in [3.8, 4) is 17.2 Å². The first kappa shape index (κ1) is 34.6. The first-order valence-corrected chi connectivity index (χ1v) is 16.2. The molecule has 4 unspecified atom stereocenters. The molecule has 0 fully saturated rings. The van der Waals surface area contributed by atoms with Crippen LogP contribution in [0.2, 0.25) is 0 Å². The van der Waals surface area contributed by atoms with Crippen molar-refractivity contribution in [3.63, 3.8) is 0 Å². The molecule has 1 N–H and O–H groups in total. The van der Waals surface area contributed by atoms with E-state index in [1.54, 1.807) is 19.2 Å². The molecule has 0 bridgehead atoms. The summed E-state index contributed by atoms with van der Waals surface area (Å²) in [6.45, 7) is 9.94. The fourth-order valence-electron chi connectivity index (χ4n) is 5.87. The van der Waals surface area contributed by atoms with E-state index in [1.807, 2.05) is 87.5 Å². The molecule has 6 nitrogen and oxygen atoms in total. The van der Waals surface area contributed by atoms with Crippen molar-refractivity contribution < 1.29 is 28.8 Å². The fraction of sp³-hybridized carbons (Fsp3) is 0.375. The van der Waals surface area contributed by atoms with E-state index in [1.165, 1.54) is 16.7 Å². The van der Waals surface area contributed by atoms with E-state index in [-0.39, 0.29) is 24.6 Å². The van der Waals surface area contributed by atoms with Crippen LogP contribution in [0.3, 0.4) is 0 Å². The van der Waals surface area contributed by atoms with E-state index in [2.05, 4.69) is 38.1 Å². The second-order valence-electron chi connectivity index (χ2n) is 12.5. The number of benzene rings is 4. The highest BCUT2D eigenvalue weighted by Gasteiger charge is 2.26. The number of esters is 1. The number of carbonyl (C=O) groups is 1. The van der Waals surface area contributed by atoms with Gasteiger partial charge in [-0.25, -0.2) is 4.79 Å². The first-order valence-electron chi connectivity index (χ1n) is 16.2. The molecular formula is C40H48O6. The van der Waals surface area contributed by atoms with Gasteiger partial charge < -0.3 is 24.1 Å². The zero-order valence-electron chi connectivity index (χ0n) is 27.9. The van der Waals surface area contributed by atoms with Crippen LogP contribution in [0.1, 0.15) is 93.9 Å². The maximum absolute atomic E-state index is 12.7. The quantitative estimate of drug-likeness (QED) is 0.0989. The van der Waals surface area contributed by atoms with Crippen LogP contribution in [0.5, 0.6) is 17.2 Å². The van der Waals surface area contributed by atoms with Gasteiger partial charge in [0.1, 0.15) is 22.8 Å². The van der Waals surface area contributed by atoms with Gasteiger partial charge in [0.25, 0.3) is 0 Å². The van der Waals surface area contributed by atoms with Crippen LogP contribution < -0.4 is 9.47 Å². The van der Waals surface area contributed by atoms with E-state index in [9.17, 15) is 9.90 Å². The number of phenols is 1. The summed E-state index contributed by atoms with van der Waals surface area (Å²) in [6.07, 6.45) is 2.59. The molecule has 0 aliphatic carbocycles. The Morgan fingerprint density at radius 1 is 0.739 bits per heavy atom. The molecule has 46 heavy (non-hydrogen) atoms. The van der Waals surface area contributed by atoms with Gasteiger partial charge in [0, 0.05) is 7.11 Å². The molecule has 0 amide bonds. The molecule has 0 radical (unpaired) electrons. The third-order valence-corrected chi connectivity index (χ3v) is 8.69. The average Bonchev–Trinajstić information content (AvgIpc) is 3.07. The van der Waals surface area contributed by atoms with Gasteiger partial charge in [0.15, 0.2) is 12.9 Å². The number of ether oxygens (including phenoxy) is 4. The number of aromatic hydroxyl groups is 1. The Bertz CT molecular complexity index is 1480. The van der Waals surface area contributed by atoms with Crippen LogP contribution in [0, 0.1) is 0 Å². The van der Waals surface area contributed by atoms with Crippen LogP contribution in [-0.2, 0) is 19.9 Å². The Morgan fingerprint density at radius 3 is 1.91 bits per heavy atom. The summed E-state index contributed by atoms with van der Waals surface area (Å²) in [6, 6.07) is 33.6. The number of methoxy groups -OCH3 is 1. The van der Waals surface area contributed by atoms with E-state index < -0.39 is 11.6 Å². The smallest absolute Gasteiger partial charge is 0.345 e. The largest absolute Gasteiger partial charge is 0.508 e. The Kier molecular flexibility index (Phi) is 12.3.